The predicted molar refractivity (Wildman–Crippen MR) is 181 cm³/mol. The number of aliphatic hydroxyl groups excluding tert-OH is 1. The summed E-state index contributed by atoms with van der Waals surface area (Å²) in [7, 11) is 0. The molecule has 0 amide bonds. The van der Waals surface area contributed by atoms with E-state index in [0.29, 0.717) is 64.5 Å². The molecule has 0 aliphatic heterocycles. The van der Waals surface area contributed by atoms with E-state index < -0.39 is 0 Å². The molecular weight excluding hydrogens is 556 g/mol. The lowest BCUT2D eigenvalue weighted by Gasteiger charge is -2.32. The van der Waals surface area contributed by atoms with Crippen molar-refractivity contribution in [1.29, 1.82) is 0 Å². The lowest BCUT2D eigenvalue weighted by atomic mass is 9.76. The van der Waals surface area contributed by atoms with Crippen LogP contribution in [0.4, 0.5) is 0 Å². The molecule has 0 spiro atoms. The number of hydrogen-bond acceptors (Lipinski definition) is 7. The SMILES string of the molecule is CCCCCC(O)C(C)(C)CCC(CC)c1ccc(O)cc1CCCCCCOCCOCCOCCOCCOCCC. The predicted octanol–water partition coefficient (Wildman–Crippen LogP) is 8.23. The zero-order valence-electron chi connectivity index (χ0n) is 29.1. The van der Waals surface area contributed by atoms with Gasteiger partial charge in [0.05, 0.1) is 59.0 Å². The Balaban J connectivity index is 2.18. The summed E-state index contributed by atoms with van der Waals surface area (Å²) in [5.74, 6) is 0.801. The van der Waals surface area contributed by atoms with Crippen molar-refractivity contribution in [3.05, 3.63) is 29.3 Å². The van der Waals surface area contributed by atoms with E-state index >= 15 is 0 Å². The van der Waals surface area contributed by atoms with Crippen molar-refractivity contribution in [2.24, 2.45) is 5.41 Å². The molecule has 7 nitrogen and oxygen atoms in total. The van der Waals surface area contributed by atoms with E-state index in [1.807, 2.05) is 12.1 Å². The molecule has 2 N–H and O–H groups in total. The maximum atomic E-state index is 10.8. The Morgan fingerprint density at radius 1 is 0.636 bits per heavy atom. The molecule has 0 saturated heterocycles. The number of aryl methyl sites for hydroxylation is 1. The first kappa shape index (κ1) is 40.8. The minimum Gasteiger partial charge on any atom is -0.508 e. The minimum absolute atomic E-state index is 0.0832. The highest BCUT2D eigenvalue weighted by Crippen LogP contribution is 2.37. The van der Waals surface area contributed by atoms with E-state index in [-0.39, 0.29) is 11.5 Å². The average Bonchev–Trinajstić information content (AvgIpc) is 3.01. The molecule has 1 aromatic carbocycles. The Morgan fingerprint density at radius 3 is 1.77 bits per heavy atom. The van der Waals surface area contributed by atoms with Crippen LogP contribution in [0.25, 0.3) is 0 Å². The molecule has 44 heavy (non-hydrogen) atoms. The van der Waals surface area contributed by atoms with Gasteiger partial charge < -0.3 is 33.9 Å². The molecular formula is C37H68O7. The summed E-state index contributed by atoms with van der Waals surface area (Å²) < 4.78 is 27.6. The van der Waals surface area contributed by atoms with E-state index in [1.165, 1.54) is 24.0 Å². The van der Waals surface area contributed by atoms with E-state index in [1.54, 1.807) is 0 Å². The maximum absolute atomic E-state index is 10.8. The topological polar surface area (TPSA) is 86.6 Å². The number of phenolic OH excluding ortho intramolecular Hbond substituents is 1. The van der Waals surface area contributed by atoms with Gasteiger partial charge in [-0.3, -0.25) is 0 Å². The summed E-state index contributed by atoms with van der Waals surface area (Å²) in [6.45, 7) is 17.3. The first-order chi connectivity index (χ1) is 21.4. The first-order valence-electron chi connectivity index (χ1n) is 17.7. The van der Waals surface area contributed by atoms with Crippen LogP contribution >= 0.6 is 0 Å². The van der Waals surface area contributed by atoms with Crippen LogP contribution in [0.2, 0.25) is 0 Å². The third-order valence-electron chi connectivity index (χ3n) is 8.50. The van der Waals surface area contributed by atoms with Crippen molar-refractivity contribution >= 4 is 0 Å². The second-order valence-electron chi connectivity index (χ2n) is 12.8. The molecule has 1 aromatic rings. The fraction of sp³-hybridized carbons (Fsp3) is 0.838. The molecule has 0 saturated carbocycles. The Hall–Kier alpha value is -1.22. The number of rotatable bonds is 31. The molecule has 258 valence electrons. The highest BCUT2D eigenvalue weighted by atomic mass is 16.6. The van der Waals surface area contributed by atoms with Crippen molar-refractivity contribution < 1.29 is 33.9 Å². The van der Waals surface area contributed by atoms with Gasteiger partial charge in [-0.05, 0) is 86.0 Å². The van der Waals surface area contributed by atoms with E-state index in [0.717, 1.165) is 83.8 Å². The molecule has 0 heterocycles. The number of aromatic hydroxyl groups is 1. The van der Waals surface area contributed by atoms with Gasteiger partial charge in [-0.25, -0.2) is 0 Å². The van der Waals surface area contributed by atoms with Gasteiger partial charge in [0.2, 0.25) is 0 Å². The van der Waals surface area contributed by atoms with Gasteiger partial charge in [-0.1, -0.05) is 72.8 Å². The maximum Gasteiger partial charge on any atom is 0.115 e. The lowest BCUT2D eigenvalue weighted by Crippen LogP contribution is -2.29. The molecule has 0 aliphatic carbocycles. The smallest absolute Gasteiger partial charge is 0.115 e. The van der Waals surface area contributed by atoms with Gasteiger partial charge in [-0.2, -0.15) is 0 Å². The van der Waals surface area contributed by atoms with E-state index in [4.69, 9.17) is 23.7 Å². The molecule has 0 aromatic heterocycles. The van der Waals surface area contributed by atoms with Crippen LogP contribution < -0.4 is 0 Å². The molecule has 0 aliphatic rings. The normalized spacial score (nSPS) is 13.4. The number of phenols is 1. The Kier molecular flexibility index (Phi) is 25.0. The third-order valence-corrected chi connectivity index (χ3v) is 8.50. The molecule has 2 atom stereocenters. The minimum atomic E-state index is -0.251. The van der Waals surface area contributed by atoms with Crippen LogP contribution in [0.3, 0.4) is 0 Å². The molecule has 1 rings (SSSR count). The summed E-state index contributed by atoms with van der Waals surface area (Å²) in [5.41, 5.74) is 2.57. The van der Waals surface area contributed by atoms with E-state index in [2.05, 4.69) is 40.7 Å². The monoisotopic (exact) mass is 624 g/mol. The van der Waals surface area contributed by atoms with Crippen LogP contribution in [-0.4, -0.2) is 82.4 Å². The highest BCUT2D eigenvalue weighted by Gasteiger charge is 2.28. The fourth-order valence-electron chi connectivity index (χ4n) is 5.48. The van der Waals surface area contributed by atoms with Gasteiger partial charge in [0.25, 0.3) is 0 Å². The van der Waals surface area contributed by atoms with Crippen molar-refractivity contribution in [1.82, 2.24) is 0 Å². The first-order valence-corrected chi connectivity index (χ1v) is 17.7. The largest absolute Gasteiger partial charge is 0.508 e. The van der Waals surface area contributed by atoms with E-state index in [9.17, 15) is 10.2 Å². The Bertz CT molecular complexity index is 785. The van der Waals surface area contributed by atoms with Gasteiger partial charge in [0, 0.05) is 13.2 Å². The summed E-state index contributed by atoms with van der Waals surface area (Å²) in [6, 6.07) is 5.94. The highest BCUT2D eigenvalue weighted by molar-refractivity contribution is 5.37. The van der Waals surface area contributed by atoms with Crippen molar-refractivity contribution in [3.63, 3.8) is 0 Å². The van der Waals surface area contributed by atoms with Gasteiger partial charge in [0.15, 0.2) is 0 Å². The molecule has 2 unspecified atom stereocenters. The zero-order valence-corrected chi connectivity index (χ0v) is 29.1. The van der Waals surface area contributed by atoms with Crippen LogP contribution in [0.15, 0.2) is 18.2 Å². The zero-order chi connectivity index (χ0) is 32.3. The molecule has 7 heteroatoms. The van der Waals surface area contributed by atoms with Gasteiger partial charge in [0.1, 0.15) is 5.75 Å². The molecule has 0 bridgehead atoms. The van der Waals surface area contributed by atoms with Gasteiger partial charge in [-0.15, -0.1) is 0 Å². The third kappa shape index (κ3) is 20.0. The standard InChI is InChI=1S/C37H68O7/c1-6-9-12-16-36(39)37(4,5)20-19-32(8-3)35-18-17-34(38)31-33(35)15-13-10-11-14-22-41-24-26-43-28-30-44-29-27-42-25-23-40-21-7-2/h17-18,31-32,36,38-39H,6-16,19-30H2,1-5H3. The second-order valence-corrected chi connectivity index (χ2v) is 12.8. The van der Waals surface area contributed by atoms with Crippen LogP contribution in [0, 0.1) is 5.41 Å². The number of aliphatic hydroxyl groups is 1. The van der Waals surface area contributed by atoms with Crippen molar-refractivity contribution in [2.75, 3.05) is 66.1 Å². The summed E-state index contributed by atoms with van der Waals surface area (Å²) >= 11 is 0. The summed E-state index contributed by atoms with van der Waals surface area (Å²) in [4.78, 5) is 0. The second kappa shape index (κ2) is 26.9. The number of hydrogen-bond donors (Lipinski definition) is 2. The lowest BCUT2D eigenvalue weighted by molar-refractivity contribution is -0.0111. The quantitative estimate of drug-likeness (QED) is 0.0805. The van der Waals surface area contributed by atoms with Crippen molar-refractivity contribution in [2.45, 2.75) is 130 Å². The number of ether oxygens (including phenoxy) is 5. The van der Waals surface area contributed by atoms with Crippen LogP contribution in [0.1, 0.15) is 129 Å². The Labute approximate surface area is 270 Å². The van der Waals surface area contributed by atoms with Gasteiger partial charge >= 0.3 is 0 Å². The van der Waals surface area contributed by atoms with Crippen LogP contribution in [0.5, 0.6) is 5.75 Å². The molecule has 0 radical (unpaired) electrons. The fourth-order valence-corrected chi connectivity index (χ4v) is 5.48. The average molecular weight is 625 g/mol. The summed E-state index contributed by atoms with van der Waals surface area (Å²) in [5, 5.41) is 21.0. The molecule has 0 fully saturated rings. The Morgan fingerprint density at radius 2 is 1.20 bits per heavy atom. The summed E-state index contributed by atoms with van der Waals surface area (Å²) in [6.07, 6.45) is 13.7. The number of unbranched alkanes of at least 4 members (excludes halogenated alkanes) is 5. The van der Waals surface area contributed by atoms with Crippen molar-refractivity contribution in [3.8, 4) is 5.75 Å². The number of benzene rings is 1. The van der Waals surface area contributed by atoms with Crippen LogP contribution in [-0.2, 0) is 30.1 Å².